The van der Waals surface area contributed by atoms with Crippen molar-refractivity contribution in [3.8, 4) is 0 Å². The smallest absolute Gasteiger partial charge is 0.404 e. The standard InChI is InChI=1S/C18H32N2O3SSi/c1-18(2,3)25(4,5)22-12-15-11-20-16(24-15)10-13-6-8-14(9-7-13)23-17(19)21/h11,13-14H,6-10,12H2,1-5H3,(H2,19,21). The van der Waals surface area contributed by atoms with Gasteiger partial charge in [0.15, 0.2) is 8.32 Å². The maximum absolute atomic E-state index is 10.8. The minimum atomic E-state index is -1.71. The SMILES string of the molecule is CC(C)(C)[Si](C)(C)OCc1cnc(CC2CCC(OC(N)=O)CC2)s1. The fraction of sp³-hybridized carbons (Fsp3) is 0.778. The molecule has 0 aliphatic heterocycles. The molecular weight excluding hydrogens is 352 g/mol. The number of primary amides is 1. The maximum Gasteiger partial charge on any atom is 0.404 e. The number of carbonyl (C=O) groups excluding carboxylic acids is 1. The molecule has 0 spiro atoms. The second kappa shape index (κ2) is 8.18. The number of hydrogen-bond donors (Lipinski definition) is 1. The van der Waals surface area contributed by atoms with Crippen LogP contribution in [0.25, 0.3) is 0 Å². The van der Waals surface area contributed by atoms with Crippen LogP contribution in [0.4, 0.5) is 4.79 Å². The molecule has 2 rings (SSSR count). The van der Waals surface area contributed by atoms with Crippen LogP contribution in [-0.4, -0.2) is 25.5 Å². The second-order valence-corrected chi connectivity index (χ2v) is 14.6. The van der Waals surface area contributed by atoms with Crippen molar-refractivity contribution in [2.75, 3.05) is 0 Å². The summed E-state index contributed by atoms with van der Waals surface area (Å²) in [7, 11) is -1.71. The van der Waals surface area contributed by atoms with Crippen molar-refractivity contribution in [2.45, 2.75) is 83.7 Å². The zero-order valence-electron chi connectivity index (χ0n) is 16.1. The molecule has 0 radical (unpaired) electrons. The summed E-state index contributed by atoms with van der Waals surface area (Å²) in [6.45, 7) is 12.0. The quantitative estimate of drug-likeness (QED) is 0.711. The van der Waals surface area contributed by atoms with E-state index < -0.39 is 14.4 Å². The Kier molecular flexibility index (Phi) is 6.67. The minimum Gasteiger partial charge on any atom is -0.446 e. The Bertz CT molecular complexity index is 575. The molecule has 1 aliphatic rings. The molecule has 1 aromatic heterocycles. The molecule has 1 aliphatic carbocycles. The lowest BCUT2D eigenvalue weighted by Crippen LogP contribution is -2.40. The highest BCUT2D eigenvalue weighted by Gasteiger charge is 2.37. The van der Waals surface area contributed by atoms with Gasteiger partial charge in [-0.1, -0.05) is 20.8 Å². The highest BCUT2D eigenvalue weighted by Crippen LogP contribution is 2.37. The molecule has 5 nitrogen and oxygen atoms in total. The Labute approximate surface area is 156 Å². The van der Waals surface area contributed by atoms with Gasteiger partial charge in [-0.2, -0.15) is 0 Å². The molecule has 1 heterocycles. The number of nitrogens with zero attached hydrogens (tertiary/aromatic N) is 1. The predicted octanol–water partition coefficient (Wildman–Crippen LogP) is 4.86. The van der Waals surface area contributed by atoms with Crippen LogP contribution in [0.5, 0.6) is 0 Å². The average molecular weight is 385 g/mol. The van der Waals surface area contributed by atoms with E-state index in [9.17, 15) is 4.79 Å². The normalized spacial score (nSPS) is 22.0. The van der Waals surface area contributed by atoms with Gasteiger partial charge >= 0.3 is 6.09 Å². The molecule has 1 fully saturated rings. The summed E-state index contributed by atoms with van der Waals surface area (Å²) in [5.41, 5.74) is 5.09. The van der Waals surface area contributed by atoms with Crippen molar-refractivity contribution in [2.24, 2.45) is 11.7 Å². The Morgan fingerprint density at radius 2 is 1.96 bits per heavy atom. The molecule has 1 saturated carbocycles. The second-order valence-electron chi connectivity index (χ2n) is 8.55. The Balaban J connectivity index is 1.79. The molecule has 0 unspecified atom stereocenters. The fourth-order valence-electron chi connectivity index (χ4n) is 2.84. The van der Waals surface area contributed by atoms with E-state index in [4.69, 9.17) is 14.9 Å². The van der Waals surface area contributed by atoms with Gasteiger partial charge in [0.25, 0.3) is 0 Å². The Hall–Kier alpha value is -0.923. The molecule has 2 N–H and O–H groups in total. The maximum atomic E-state index is 10.8. The van der Waals surface area contributed by atoms with E-state index in [-0.39, 0.29) is 11.1 Å². The molecule has 0 atom stereocenters. The molecule has 1 amide bonds. The third-order valence-corrected chi connectivity index (χ3v) is 11.0. The van der Waals surface area contributed by atoms with Gasteiger partial charge in [0.2, 0.25) is 0 Å². The van der Waals surface area contributed by atoms with Gasteiger partial charge in [-0.15, -0.1) is 11.3 Å². The van der Waals surface area contributed by atoms with E-state index in [0.717, 1.165) is 32.1 Å². The topological polar surface area (TPSA) is 74.4 Å². The van der Waals surface area contributed by atoms with Crippen molar-refractivity contribution in [1.82, 2.24) is 4.98 Å². The molecule has 0 aromatic carbocycles. The largest absolute Gasteiger partial charge is 0.446 e. The van der Waals surface area contributed by atoms with E-state index in [1.165, 1.54) is 9.88 Å². The number of carbonyl (C=O) groups is 1. The van der Waals surface area contributed by atoms with Crippen LogP contribution in [0.3, 0.4) is 0 Å². The van der Waals surface area contributed by atoms with Gasteiger partial charge < -0.3 is 14.9 Å². The fourth-order valence-corrected chi connectivity index (χ4v) is 4.85. The first kappa shape index (κ1) is 20.4. The first-order valence-corrected chi connectivity index (χ1v) is 12.8. The highest BCUT2D eigenvalue weighted by atomic mass is 32.1. The Morgan fingerprint density at radius 3 is 2.52 bits per heavy atom. The van der Waals surface area contributed by atoms with Gasteiger partial charge in [0.1, 0.15) is 6.10 Å². The summed E-state index contributed by atoms with van der Waals surface area (Å²) in [5, 5.41) is 1.42. The van der Waals surface area contributed by atoms with Crippen LogP contribution in [0.15, 0.2) is 6.20 Å². The van der Waals surface area contributed by atoms with E-state index in [1.54, 1.807) is 11.3 Å². The van der Waals surface area contributed by atoms with Gasteiger partial charge in [-0.3, -0.25) is 0 Å². The van der Waals surface area contributed by atoms with Crippen molar-refractivity contribution >= 4 is 25.7 Å². The third kappa shape index (κ3) is 6.08. The number of ether oxygens (including phenoxy) is 1. The van der Waals surface area contributed by atoms with Crippen LogP contribution in [0, 0.1) is 5.92 Å². The lowest BCUT2D eigenvalue weighted by molar-refractivity contribution is 0.0710. The molecular formula is C18H32N2O3SSi. The zero-order valence-corrected chi connectivity index (χ0v) is 17.9. The van der Waals surface area contributed by atoms with E-state index in [1.807, 2.05) is 6.20 Å². The lowest BCUT2D eigenvalue weighted by Gasteiger charge is -2.35. The van der Waals surface area contributed by atoms with Gasteiger partial charge in [0, 0.05) is 17.5 Å². The van der Waals surface area contributed by atoms with Crippen molar-refractivity contribution in [3.63, 3.8) is 0 Å². The lowest BCUT2D eigenvalue weighted by atomic mass is 9.85. The first-order chi connectivity index (χ1) is 11.6. The minimum absolute atomic E-state index is 0.00130. The molecule has 7 heteroatoms. The van der Waals surface area contributed by atoms with Crippen molar-refractivity contribution in [3.05, 3.63) is 16.1 Å². The molecule has 25 heavy (non-hydrogen) atoms. The van der Waals surface area contributed by atoms with E-state index in [0.29, 0.717) is 12.5 Å². The number of amides is 1. The number of rotatable bonds is 6. The summed E-state index contributed by atoms with van der Waals surface area (Å²) in [4.78, 5) is 16.6. The third-order valence-electron chi connectivity index (χ3n) is 5.52. The van der Waals surface area contributed by atoms with Crippen LogP contribution in [0.2, 0.25) is 18.1 Å². The van der Waals surface area contributed by atoms with Crippen LogP contribution >= 0.6 is 11.3 Å². The van der Waals surface area contributed by atoms with Gasteiger partial charge in [0.05, 0.1) is 11.6 Å². The molecule has 0 bridgehead atoms. The van der Waals surface area contributed by atoms with Crippen LogP contribution in [0.1, 0.15) is 56.3 Å². The first-order valence-electron chi connectivity index (χ1n) is 9.10. The predicted molar refractivity (Wildman–Crippen MR) is 104 cm³/mol. The monoisotopic (exact) mass is 384 g/mol. The molecule has 142 valence electrons. The van der Waals surface area contributed by atoms with Crippen LogP contribution in [-0.2, 0) is 22.2 Å². The summed E-state index contributed by atoms with van der Waals surface area (Å²) >= 11 is 1.77. The number of hydrogen-bond acceptors (Lipinski definition) is 5. The highest BCUT2D eigenvalue weighted by molar-refractivity contribution is 7.11. The van der Waals surface area contributed by atoms with E-state index in [2.05, 4.69) is 38.8 Å². The summed E-state index contributed by atoms with van der Waals surface area (Å²) in [6.07, 6.45) is 6.25. The van der Waals surface area contributed by atoms with Gasteiger partial charge in [-0.25, -0.2) is 9.78 Å². The zero-order chi connectivity index (χ0) is 18.7. The number of nitrogens with two attached hydrogens (primary N) is 1. The van der Waals surface area contributed by atoms with Crippen molar-refractivity contribution in [1.29, 1.82) is 0 Å². The van der Waals surface area contributed by atoms with E-state index >= 15 is 0 Å². The summed E-state index contributed by atoms with van der Waals surface area (Å²) in [5.74, 6) is 0.619. The number of thiazole rings is 1. The summed E-state index contributed by atoms with van der Waals surface area (Å²) in [6, 6.07) is 0. The Morgan fingerprint density at radius 1 is 1.32 bits per heavy atom. The number of aromatic nitrogens is 1. The molecule has 1 aromatic rings. The van der Waals surface area contributed by atoms with Gasteiger partial charge in [-0.05, 0) is 49.7 Å². The average Bonchev–Trinajstić information content (AvgIpc) is 2.93. The molecule has 0 saturated heterocycles. The van der Waals surface area contributed by atoms with Crippen molar-refractivity contribution < 1.29 is 14.0 Å². The van der Waals surface area contributed by atoms with Crippen LogP contribution < -0.4 is 5.73 Å². The summed E-state index contributed by atoms with van der Waals surface area (Å²) < 4.78 is 11.4.